The molecule has 3 nitrogen and oxygen atoms in total. The van der Waals surface area contributed by atoms with Crippen LogP contribution in [0.5, 0.6) is 0 Å². The fourth-order valence-electron chi connectivity index (χ4n) is 3.71. The molecule has 0 aromatic rings. The number of hydrogen-bond acceptors (Lipinski definition) is 3. The first kappa shape index (κ1) is 11.9. The van der Waals surface area contributed by atoms with Crippen molar-refractivity contribution in [1.82, 2.24) is 0 Å². The maximum Gasteiger partial charge on any atom is 0.306 e. The molecule has 3 aliphatic rings. The average molecular weight is 248 g/mol. The Bertz CT molecular complexity index is 404. The molecule has 0 radical (unpaired) electrons. The lowest BCUT2D eigenvalue weighted by atomic mass is 9.90. The molecule has 0 aromatic carbocycles. The minimum atomic E-state index is -0.242. The highest BCUT2D eigenvalue weighted by Gasteiger charge is 2.44. The molecule has 3 rings (SSSR count). The Morgan fingerprint density at radius 1 is 1.39 bits per heavy atom. The van der Waals surface area contributed by atoms with Crippen LogP contribution in [0.3, 0.4) is 0 Å². The molecule has 3 heteroatoms. The summed E-state index contributed by atoms with van der Waals surface area (Å²) in [5, 5.41) is 0. The van der Waals surface area contributed by atoms with E-state index in [4.69, 9.17) is 4.74 Å². The van der Waals surface area contributed by atoms with Crippen molar-refractivity contribution in [3.05, 3.63) is 12.2 Å². The molecule has 18 heavy (non-hydrogen) atoms. The fourth-order valence-corrected chi connectivity index (χ4v) is 3.71. The highest BCUT2D eigenvalue weighted by Crippen LogP contribution is 2.43. The van der Waals surface area contributed by atoms with Crippen molar-refractivity contribution < 1.29 is 14.3 Å². The Hall–Kier alpha value is -1.12. The van der Waals surface area contributed by atoms with Gasteiger partial charge in [-0.25, -0.2) is 0 Å². The molecule has 2 saturated carbocycles. The molecule has 0 amide bonds. The van der Waals surface area contributed by atoms with Crippen LogP contribution in [0.2, 0.25) is 0 Å². The van der Waals surface area contributed by atoms with Gasteiger partial charge in [-0.05, 0) is 44.9 Å². The minimum absolute atomic E-state index is 0.0149. The monoisotopic (exact) mass is 248 g/mol. The molecule has 3 unspecified atom stereocenters. The second-order valence-corrected chi connectivity index (χ2v) is 6.25. The van der Waals surface area contributed by atoms with Gasteiger partial charge in [-0.2, -0.15) is 0 Å². The lowest BCUT2D eigenvalue weighted by Crippen LogP contribution is -2.29. The van der Waals surface area contributed by atoms with Crippen LogP contribution >= 0.6 is 0 Å². The molecule has 0 saturated heterocycles. The van der Waals surface area contributed by atoms with E-state index in [0.717, 1.165) is 32.1 Å². The van der Waals surface area contributed by atoms with Gasteiger partial charge < -0.3 is 4.74 Å². The van der Waals surface area contributed by atoms with Gasteiger partial charge >= 0.3 is 5.97 Å². The van der Waals surface area contributed by atoms with E-state index in [2.05, 4.69) is 0 Å². The number of ether oxygens (including phenoxy) is 1. The first-order valence-electron chi connectivity index (χ1n) is 7.01. The molecule has 3 aliphatic carbocycles. The van der Waals surface area contributed by atoms with E-state index in [1.807, 2.05) is 19.1 Å². The molecule has 0 aliphatic heterocycles. The van der Waals surface area contributed by atoms with Gasteiger partial charge in [0.05, 0.1) is 0 Å². The predicted octanol–water partition coefficient (Wildman–Crippen LogP) is 2.64. The van der Waals surface area contributed by atoms with E-state index in [0.29, 0.717) is 12.2 Å². The summed E-state index contributed by atoms with van der Waals surface area (Å²) in [4.78, 5) is 23.7. The lowest BCUT2D eigenvalue weighted by Gasteiger charge is -2.25. The molecule has 2 fully saturated rings. The van der Waals surface area contributed by atoms with Gasteiger partial charge in [0.1, 0.15) is 11.4 Å². The van der Waals surface area contributed by atoms with Crippen LogP contribution in [-0.4, -0.2) is 17.4 Å². The van der Waals surface area contributed by atoms with Crippen LogP contribution in [0.25, 0.3) is 0 Å². The van der Waals surface area contributed by atoms with Crippen LogP contribution in [0.4, 0.5) is 0 Å². The highest BCUT2D eigenvalue weighted by molar-refractivity contribution is 5.92. The Labute approximate surface area is 108 Å². The zero-order valence-corrected chi connectivity index (χ0v) is 10.9. The zero-order valence-electron chi connectivity index (χ0n) is 10.9. The number of ketones is 1. The van der Waals surface area contributed by atoms with E-state index in [-0.39, 0.29) is 29.3 Å². The molecule has 2 bridgehead atoms. The van der Waals surface area contributed by atoms with Crippen molar-refractivity contribution in [1.29, 1.82) is 0 Å². The van der Waals surface area contributed by atoms with Crippen LogP contribution in [-0.2, 0) is 14.3 Å². The van der Waals surface area contributed by atoms with Gasteiger partial charge in [0.2, 0.25) is 0 Å². The number of esters is 1. The summed E-state index contributed by atoms with van der Waals surface area (Å²) >= 11 is 0. The average Bonchev–Trinajstić information content (AvgIpc) is 2.95. The van der Waals surface area contributed by atoms with Crippen LogP contribution in [0, 0.1) is 17.8 Å². The fraction of sp³-hybridized carbons (Fsp3) is 0.733. The SMILES string of the molecule is CC1(OC(=O)CC2CC3C=CC2C3=O)CCCC1. The first-order valence-corrected chi connectivity index (χ1v) is 7.01. The van der Waals surface area contributed by atoms with E-state index in [9.17, 15) is 9.59 Å². The predicted molar refractivity (Wildman–Crippen MR) is 66.8 cm³/mol. The van der Waals surface area contributed by atoms with E-state index in [1.54, 1.807) is 0 Å². The number of hydrogen-bond donors (Lipinski definition) is 0. The van der Waals surface area contributed by atoms with E-state index >= 15 is 0 Å². The zero-order chi connectivity index (χ0) is 12.8. The standard InChI is InChI=1S/C15H20O3/c1-15(6-2-3-7-15)18-13(16)9-11-8-10-4-5-12(11)14(10)17/h4-5,10-12H,2-3,6-9H2,1H3. The quantitative estimate of drug-likeness (QED) is 0.569. The number of rotatable bonds is 3. The third-order valence-electron chi connectivity index (χ3n) is 4.76. The molecule has 0 aromatic heterocycles. The Balaban J connectivity index is 1.56. The number of carbonyl (C=O) groups is 2. The van der Waals surface area contributed by atoms with E-state index in [1.165, 1.54) is 0 Å². The van der Waals surface area contributed by atoms with Crippen molar-refractivity contribution in [2.75, 3.05) is 0 Å². The lowest BCUT2D eigenvalue weighted by molar-refractivity contribution is -0.158. The molecule has 3 atom stereocenters. The van der Waals surface area contributed by atoms with Gasteiger partial charge in [0, 0.05) is 18.3 Å². The topological polar surface area (TPSA) is 43.4 Å². The smallest absolute Gasteiger partial charge is 0.306 e. The number of allylic oxidation sites excluding steroid dienone is 2. The van der Waals surface area contributed by atoms with Crippen molar-refractivity contribution in [3.63, 3.8) is 0 Å². The van der Waals surface area contributed by atoms with Crippen molar-refractivity contribution in [2.45, 2.75) is 51.0 Å². The largest absolute Gasteiger partial charge is 0.459 e. The van der Waals surface area contributed by atoms with Crippen LogP contribution < -0.4 is 0 Å². The maximum absolute atomic E-state index is 12.0. The van der Waals surface area contributed by atoms with Gasteiger partial charge in [0.15, 0.2) is 0 Å². The maximum atomic E-state index is 12.0. The van der Waals surface area contributed by atoms with Crippen LogP contribution in [0.1, 0.15) is 45.4 Å². The van der Waals surface area contributed by atoms with Gasteiger partial charge in [-0.3, -0.25) is 9.59 Å². The van der Waals surface area contributed by atoms with Crippen molar-refractivity contribution in [3.8, 4) is 0 Å². The minimum Gasteiger partial charge on any atom is -0.459 e. The Morgan fingerprint density at radius 3 is 2.67 bits per heavy atom. The third-order valence-corrected chi connectivity index (χ3v) is 4.76. The first-order chi connectivity index (χ1) is 8.57. The van der Waals surface area contributed by atoms with Crippen molar-refractivity contribution in [2.24, 2.45) is 17.8 Å². The molecule has 0 heterocycles. The third kappa shape index (κ3) is 2.00. The van der Waals surface area contributed by atoms with Gasteiger partial charge in [0.25, 0.3) is 0 Å². The molecule has 0 N–H and O–H groups in total. The summed E-state index contributed by atoms with van der Waals surface area (Å²) in [6.45, 7) is 2.03. The number of Topliss-reactive ketones (excluding diaryl/α,β-unsaturated/α-hetero) is 1. The summed E-state index contributed by atoms with van der Waals surface area (Å²) in [5.74, 6) is 0.442. The second kappa shape index (κ2) is 4.22. The van der Waals surface area contributed by atoms with Gasteiger partial charge in [-0.1, -0.05) is 12.2 Å². The van der Waals surface area contributed by atoms with Crippen LogP contribution in [0.15, 0.2) is 12.2 Å². The summed E-state index contributed by atoms with van der Waals surface area (Å²) in [7, 11) is 0. The summed E-state index contributed by atoms with van der Waals surface area (Å²) in [6.07, 6.45) is 9.48. The number of carbonyl (C=O) groups excluding carboxylic acids is 2. The number of fused-ring (bicyclic) bond motifs is 2. The molecule has 0 spiro atoms. The second-order valence-electron chi connectivity index (χ2n) is 6.25. The molecular weight excluding hydrogens is 228 g/mol. The summed E-state index contributed by atoms with van der Waals surface area (Å²) < 4.78 is 5.63. The van der Waals surface area contributed by atoms with E-state index < -0.39 is 0 Å². The molecule has 98 valence electrons. The van der Waals surface area contributed by atoms with Crippen molar-refractivity contribution >= 4 is 11.8 Å². The van der Waals surface area contributed by atoms with Gasteiger partial charge in [-0.15, -0.1) is 0 Å². The molecular formula is C15H20O3. The Kier molecular flexibility index (Phi) is 2.80. The highest BCUT2D eigenvalue weighted by atomic mass is 16.6. The summed E-state index contributed by atoms with van der Waals surface area (Å²) in [6, 6.07) is 0. The summed E-state index contributed by atoms with van der Waals surface area (Å²) in [5.41, 5.74) is -0.242. The Morgan fingerprint density at radius 2 is 2.11 bits per heavy atom. The normalized spacial score (nSPS) is 36.3.